The summed E-state index contributed by atoms with van der Waals surface area (Å²) in [7, 11) is 0. The first kappa shape index (κ1) is 16.1. The summed E-state index contributed by atoms with van der Waals surface area (Å²) in [5.41, 5.74) is 1.31. The molecule has 122 valence electrons. The number of rotatable bonds is 6. The lowest BCUT2D eigenvalue weighted by molar-refractivity contribution is -0.115. The largest absolute Gasteiger partial charge is 0.494 e. The first-order chi connectivity index (χ1) is 11.7. The van der Waals surface area contributed by atoms with Crippen molar-refractivity contribution in [1.29, 1.82) is 0 Å². The lowest BCUT2D eigenvalue weighted by Crippen LogP contribution is -2.16. The van der Waals surface area contributed by atoms with Crippen molar-refractivity contribution in [1.82, 2.24) is 4.98 Å². The van der Waals surface area contributed by atoms with Crippen LogP contribution in [-0.2, 0) is 4.79 Å². The number of anilines is 1. The molecular weight excluding hydrogens is 324 g/mol. The molecule has 1 heterocycles. The summed E-state index contributed by atoms with van der Waals surface area (Å²) < 4.78 is 6.37. The van der Waals surface area contributed by atoms with Crippen molar-refractivity contribution in [3.63, 3.8) is 0 Å². The van der Waals surface area contributed by atoms with Crippen LogP contribution in [0.15, 0.2) is 48.5 Å². The van der Waals surface area contributed by atoms with E-state index in [1.54, 1.807) is 24.3 Å². The van der Waals surface area contributed by atoms with Gasteiger partial charge >= 0.3 is 0 Å². The van der Waals surface area contributed by atoms with Crippen molar-refractivity contribution < 1.29 is 14.3 Å². The van der Waals surface area contributed by atoms with Gasteiger partial charge in [-0.2, -0.15) is 0 Å². The highest BCUT2D eigenvalue weighted by molar-refractivity contribution is 7.22. The van der Waals surface area contributed by atoms with Crippen LogP contribution in [0.5, 0.6) is 5.75 Å². The van der Waals surface area contributed by atoms with Crippen LogP contribution < -0.4 is 10.1 Å². The van der Waals surface area contributed by atoms with Crippen molar-refractivity contribution in [2.24, 2.45) is 0 Å². The number of ketones is 1. The number of nitrogens with zero attached hydrogens (tertiary/aromatic N) is 1. The van der Waals surface area contributed by atoms with E-state index in [-0.39, 0.29) is 18.1 Å². The van der Waals surface area contributed by atoms with Crippen molar-refractivity contribution in [2.45, 2.75) is 13.3 Å². The summed E-state index contributed by atoms with van der Waals surface area (Å²) in [6.07, 6.45) is -0.204. The zero-order valence-electron chi connectivity index (χ0n) is 13.1. The normalized spacial score (nSPS) is 10.5. The van der Waals surface area contributed by atoms with E-state index >= 15 is 0 Å². The Morgan fingerprint density at radius 3 is 2.71 bits per heavy atom. The maximum Gasteiger partial charge on any atom is 0.233 e. The third kappa shape index (κ3) is 3.78. The number of carbonyl (C=O) groups excluding carboxylic acids is 2. The molecule has 0 unspecified atom stereocenters. The molecule has 0 saturated heterocycles. The molecule has 0 aliphatic carbocycles. The van der Waals surface area contributed by atoms with Crippen LogP contribution >= 0.6 is 11.3 Å². The van der Waals surface area contributed by atoms with Gasteiger partial charge in [0.2, 0.25) is 5.91 Å². The van der Waals surface area contributed by atoms with Crippen molar-refractivity contribution >= 4 is 38.4 Å². The number of Topliss-reactive ketones (excluding diaryl/α,β-unsaturated/α-hetero) is 1. The SMILES string of the molecule is CCOc1ccc2nc(NC(=O)CC(=O)c3ccccc3)sc2c1. The maximum atomic E-state index is 12.1. The molecule has 0 saturated carbocycles. The van der Waals surface area contributed by atoms with Crippen LogP contribution in [0.3, 0.4) is 0 Å². The van der Waals surface area contributed by atoms with Gasteiger partial charge in [-0.15, -0.1) is 0 Å². The lowest BCUT2D eigenvalue weighted by atomic mass is 10.1. The predicted molar refractivity (Wildman–Crippen MR) is 94.8 cm³/mol. The molecule has 1 N–H and O–H groups in total. The van der Waals surface area contributed by atoms with Gasteiger partial charge in [-0.05, 0) is 25.1 Å². The van der Waals surface area contributed by atoms with Crippen LogP contribution in [-0.4, -0.2) is 23.3 Å². The van der Waals surface area contributed by atoms with Gasteiger partial charge in [-0.3, -0.25) is 9.59 Å². The van der Waals surface area contributed by atoms with Crippen molar-refractivity contribution in [3.05, 3.63) is 54.1 Å². The molecule has 0 aliphatic heterocycles. The number of nitrogens with one attached hydrogen (secondary N) is 1. The Hall–Kier alpha value is -2.73. The van der Waals surface area contributed by atoms with Crippen LogP contribution in [0.4, 0.5) is 5.13 Å². The molecule has 0 bridgehead atoms. The number of hydrogen-bond acceptors (Lipinski definition) is 5. The maximum absolute atomic E-state index is 12.1. The lowest BCUT2D eigenvalue weighted by Gasteiger charge is -2.01. The molecule has 1 aromatic heterocycles. The minimum absolute atomic E-state index is 0.204. The third-order valence-electron chi connectivity index (χ3n) is 3.33. The molecule has 0 radical (unpaired) electrons. The van der Waals surface area contributed by atoms with E-state index in [2.05, 4.69) is 10.3 Å². The highest BCUT2D eigenvalue weighted by Gasteiger charge is 2.14. The monoisotopic (exact) mass is 340 g/mol. The predicted octanol–water partition coefficient (Wildman–Crippen LogP) is 3.91. The minimum atomic E-state index is -0.368. The first-order valence-corrected chi connectivity index (χ1v) is 8.39. The quantitative estimate of drug-likeness (QED) is 0.546. The van der Waals surface area contributed by atoms with Gasteiger partial charge in [0.05, 0.1) is 23.2 Å². The second kappa shape index (κ2) is 7.23. The summed E-state index contributed by atoms with van der Waals surface area (Å²) in [6, 6.07) is 14.3. The number of fused-ring (bicyclic) bond motifs is 1. The first-order valence-electron chi connectivity index (χ1n) is 7.57. The zero-order valence-corrected chi connectivity index (χ0v) is 13.9. The number of ether oxygens (including phenoxy) is 1. The van der Waals surface area contributed by atoms with Crippen LogP contribution in [0, 0.1) is 0 Å². The summed E-state index contributed by atoms with van der Waals surface area (Å²) in [5.74, 6) is 0.187. The molecule has 0 atom stereocenters. The Bertz CT molecular complexity index is 874. The highest BCUT2D eigenvalue weighted by Crippen LogP contribution is 2.29. The van der Waals surface area contributed by atoms with Gasteiger partial charge < -0.3 is 10.1 Å². The fourth-order valence-corrected chi connectivity index (χ4v) is 3.16. The molecular formula is C18H16N2O3S. The Balaban J connectivity index is 1.68. The van der Waals surface area contributed by atoms with Gasteiger partial charge in [0.15, 0.2) is 10.9 Å². The fourth-order valence-electron chi connectivity index (χ4n) is 2.25. The molecule has 0 fully saturated rings. The Morgan fingerprint density at radius 1 is 1.17 bits per heavy atom. The average molecular weight is 340 g/mol. The van der Waals surface area contributed by atoms with Gasteiger partial charge in [0.1, 0.15) is 5.75 Å². The minimum Gasteiger partial charge on any atom is -0.494 e. The summed E-state index contributed by atoms with van der Waals surface area (Å²) in [6.45, 7) is 2.52. The zero-order chi connectivity index (χ0) is 16.9. The molecule has 0 aliphatic rings. The third-order valence-corrected chi connectivity index (χ3v) is 4.27. The molecule has 5 nitrogen and oxygen atoms in total. The molecule has 3 aromatic rings. The fraction of sp³-hybridized carbons (Fsp3) is 0.167. The second-order valence-corrected chi connectivity index (χ2v) is 6.13. The number of thiazole rings is 1. The van der Waals surface area contributed by atoms with Crippen LogP contribution in [0.1, 0.15) is 23.7 Å². The molecule has 24 heavy (non-hydrogen) atoms. The number of carbonyl (C=O) groups is 2. The standard InChI is InChI=1S/C18H16N2O3S/c1-2-23-13-8-9-14-16(10-13)24-18(19-14)20-17(22)11-15(21)12-6-4-3-5-7-12/h3-10H,2,11H2,1H3,(H,19,20,22). The number of aromatic nitrogens is 1. The van der Waals surface area contributed by atoms with Crippen LogP contribution in [0.2, 0.25) is 0 Å². The number of amides is 1. The molecule has 6 heteroatoms. The highest BCUT2D eigenvalue weighted by atomic mass is 32.1. The van der Waals surface area contributed by atoms with E-state index < -0.39 is 0 Å². The molecule has 3 rings (SSSR count). The van der Waals surface area contributed by atoms with Gasteiger partial charge in [0.25, 0.3) is 0 Å². The number of benzene rings is 2. The van der Waals surface area contributed by atoms with E-state index in [1.807, 2.05) is 31.2 Å². The van der Waals surface area contributed by atoms with E-state index in [4.69, 9.17) is 4.74 Å². The van der Waals surface area contributed by atoms with Crippen molar-refractivity contribution in [3.8, 4) is 5.75 Å². The van der Waals surface area contributed by atoms with E-state index in [1.165, 1.54) is 11.3 Å². The Labute approximate surface area is 143 Å². The van der Waals surface area contributed by atoms with E-state index in [0.29, 0.717) is 17.3 Å². The Kier molecular flexibility index (Phi) is 4.86. The summed E-state index contributed by atoms with van der Waals surface area (Å²) in [4.78, 5) is 28.4. The van der Waals surface area contributed by atoms with Crippen molar-refractivity contribution in [2.75, 3.05) is 11.9 Å². The smallest absolute Gasteiger partial charge is 0.233 e. The summed E-state index contributed by atoms with van der Waals surface area (Å²) in [5, 5.41) is 3.17. The number of hydrogen-bond donors (Lipinski definition) is 1. The Morgan fingerprint density at radius 2 is 1.96 bits per heavy atom. The molecule has 1 amide bonds. The van der Waals surface area contributed by atoms with Crippen LogP contribution in [0.25, 0.3) is 10.2 Å². The molecule has 0 spiro atoms. The van der Waals surface area contributed by atoms with Gasteiger partial charge in [-0.25, -0.2) is 4.98 Å². The average Bonchev–Trinajstić information content (AvgIpc) is 2.97. The van der Waals surface area contributed by atoms with Gasteiger partial charge in [0, 0.05) is 5.56 Å². The van der Waals surface area contributed by atoms with Gasteiger partial charge in [-0.1, -0.05) is 41.7 Å². The van der Waals surface area contributed by atoms with E-state index in [0.717, 1.165) is 16.0 Å². The summed E-state index contributed by atoms with van der Waals surface area (Å²) >= 11 is 1.35. The molecule has 2 aromatic carbocycles. The second-order valence-electron chi connectivity index (χ2n) is 5.10. The van der Waals surface area contributed by atoms with E-state index in [9.17, 15) is 9.59 Å². The topological polar surface area (TPSA) is 68.3 Å².